The fourth-order valence-electron chi connectivity index (χ4n) is 5.95. The third kappa shape index (κ3) is 8.87. The van der Waals surface area contributed by atoms with Crippen molar-refractivity contribution >= 4 is 0 Å². The van der Waals surface area contributed by atoms with Crippen molar-refractivity contribution in [2.24, 2.45) is 0 Å². The highest BCUT2D eigenvalue weighted by Gasteiger charge is 2.26. The minimum absolute atomic E-state index is 0.0236. The summed E-state index contributed by atoms with van der Waals surface area (Å²) in [5, 5.41) is 29.4. The second-order valence-corrected chi connectivity index (χ2v) is 12.2. The molecule has 0 radical (unpaired) electrons. The van der Waals surface area contributed by atoms with Gasteiger partial charge in [0, 0.05) is 48.6 Å². The molecular formula is C47H45NO3. The molecule has 4 heteroatoms. The molecule has 1 heterocycles. The summed E-state index contributed by atoms with van der Waals surface area (Å²) in [7, 11) is 0. The summed E-state index contributed by atoms with van der Waals surface area (Å²) in [5.41, 5.74) is 13.0. The number of nitrogens with zero attached hydrogens (tertiary/aromatic N) is 1. The van der Waals surface area contributed by atoms with E-state index in [0.29, 0.717) is 11.1 Å². The molecule has 4 nitrogen and oxygen atoms in total. The van der Waals surface area contributed by atoms with Gasteiger partial charge in [0.1, 0.15) is 0 Å². The second-order valence-electron chi connectivity index (χ2n) is 12.2. The number of aryl methyl sites for hydroxylation is 2. The van der Waals surface area contributed by atoms with E-state index in [2.05, 4.69) is 140 Å². The van der Waals surface area contributed by atoms with Crippen LogP contribution in [0.1, 0.15) is 25.0 Å². The monoisotopic (exact) mass is 671 g/mol. The van der Waals surface area contributed by atoms with Gasteiger partial charge in [0.2, 0.25) is 17.1 Å². The third-order valence-corrected chi connectivity index (χ3v) is 8.37. The van der Waals surface area contributed by atoms with E-state index in [0.717, 1.165) is 61.6 Å². The maximum atomic E-state index is 14.3. The standard InChI is InChI=1S/C43H33NO.2C2H6O/c1-30-18-22-33(23-19-30)39-28-38(29-40(43(39)45)34-24-20-31(2)21-25-34)44-41(35-14-8-4-9-15-35)26-37(32-12-6-3-7-13-32)27-42(44)36-16-10-5-11-17-36;2*1-2-3/h3-29H,1-2H3;2*3H,2H2,1H3. The molecule has 7 rings (SSSR count). The van der Waals surface area contributed by atoms with Crippen LogP contribution in [0.15, 0.2) is 164 Å². The molecule has 1 aromatic heterocycles. The topological polar surface area (TPSA) is 67.4 Å². The van der Waals surface area contributed by atoms with Crippen LogP contribution < -0.4 is 9.67 Å². The van der Waals surface area contributed by atoms with Gasteiger partial charge >= 0.3 is 0 Å². The molecule has 0 saturated heterocycles. The SMILES string of the molecule is CCO.CCO.Cc1ccc(-c2cc(-[n+]3c(-c4ccccc4)cc(-c4ccccc4)cc3-c3ccccc3)cc(-c3ccc(C)cc3)c2[O-])cc1. The molecule has 0 aliphatic carbocycles. The molecule has 51 heavy (non-hydrogen) atoms. The van der Waals surface area contributed by atoms with E-state index in [1.807, 2.05) is 42.5 Å². The zero-order valence-electron chi connectivity index (χ0n) is 29.8. The number of hydrogen-bond acceptors (Lipinski definition) is 3. The van der Waals surface area contributed by atoms with Crippen molar-refractivity contribution in [3.63, 3.8) is 0 Å². The number of aromatic nitrogens is 1. The highest BCUT2D eigenvalue weighted by atomic mass is 16.3. The Morgan fingerprint density at radius 2 is 0.765 bits per heavy atom. The van der Waals surface area contributed by atoms with Crippen molar-refractivity contribution in [3.05, 3.63) is 175 Å². The van der Waals surface area contributed by atoms with Crippen molar-refractivity contribution in [2.75, 3.05) is 13.2 Å². The molecular weight excluding hydrogens is 627 g/mol. The lowest BCUT2D eigenvalue weighted by Gasteiger charge is -2.21. The van der Waals surface area contributed by atoms with E-state index in [1.165, 1.54) is 0 Å². The van der Waals surface area contributed by atoms with Gasteiger partial charge in [0.15, 0.2) is 0 Å². The molecule has 0 fully saturated rings. The first-order valence-electron chi connectivity index (χ1n) is 17.4. The number of benzene rings is 6. The number of rotatable bonds is 6. The third-order valence-electron chi connectivity index (χ3n) is 8.37. The Balaban J connectivity index is 0.000000787. The molecule has 7 aromatic rings. The normalized spacial score (nSPS) is 10.4. The first kappa shape index (κ1) is 36.5. The van der Waals surface area contributed by atoms with Crippen molar-refractivity contribution in [3.8, 4) is 67.3 Å². The predicted molar refractivity (Wildman–Crippen MR) is 210 cm³/mol. The Hall–Kier alpha value is -5.81. The molecule has 0 aliphatic rings. The largest absolute Gasteiger partial charge is 0.872 e. The van der Waals surface area contributed by atoms with Gasteiger partial charge in [-0.2, -0.15) is 4.57 Å². The average molecular weight is 672 g/mol. The van der Waals surface area contributed by atoms with Gasteiger partial charge in [-0.05, 0) is 85.3 Å². The van der Waals surface area contributed by atoms with E-state index >= 15 is 0 Å². The number of aliphatic hydroxyl groups excluding tert-OH is 2. The Morgan fingerprint density at radius 1 is 0.431 bits per heavy atom. The van der Waals surface area contributed by atoms with Crippen molar-refractivity contribution in [2.45, 2.75) is 27.7 Å². The predicted octanol–water partition coefficient (Wildman–Crippen LogP) is 9.99. The van der Waals surface area contributed by atoms with Gasteiger partial charge in [-0.25, -0.2) is 0 Å². The molecule has 0 saturated carbocycles. The minimum atomic E-state index is 0.0236. The van der Waals surface area contributed by atoms with Crippen LogP contribution in [0, 0.1) is 13.8 Å². The molecule has 0 atom stereocenters. The summed E-state index contributed by atoms with van der Waals surface area (Å²) in [6, 6.07) is 56.6. The summed E-state index contributed by atoms with van der Waals surface area (Å²) in [6.07, 6.45) is 0. The smallest absolute Gasteiger partial charge is 0.219 e. The summed E-state index contributed by atoms with van der Waals surface area (Å²) in [5.74, 6) is 0.0236. The van der Waals surface area contributed by atoms with Crippen molar-refractivity contribution < 1.29 is 19.9 Å². The van der Waals surface area contributed by atoms with E-state index in [-0.39, 0.29) is 19.0 Å². The molecule has 6 aromatic carbocycles. The van der Waals surface area contributed by atoms with Gasteiger partial charge in [0.25, 0.3) is 0 Å². The lowest BCUT2D eigenvalue weighted by molar-refractivity contribution is -0.572. The summed E-state index contributed by atoms with van der Waals surface area (Å²) in [6.45, 7) is 8.00. The van der Waals surface area contributed by atoms with Gasteiger partial charge < -0.3 is 15.3 Å². The van der Waals surface area contributed by atoms with E-state index < -0.39 is 0 Å². The van der Waals surface area contributed by atoms with Crippen LogP contribution in [0.25, 0.3) is 61.6 Å². The highest BCUT2D eigenvalue weighted by Crippen LogP contribution is 2.39. The maximum Gasteiger partial charge on any atom is 0.219 e. The van der Waals surface area contributed by atoms with Crippen LogP contribution in [-0.4, -0.2) is 23.4 Å². The van der Waals surface area contributed by atoms with Crippen LogP contribution in [-0.2, 0) is 0 Å². The lowest BCUT2D eigenvalue weighted by atomic mass is 9.94. The van der Waals surface area contributed by atoms with E-state index in [1.54, 1.807) is 13.8 Å². The zero-order valence-corrected chi connectivity index (χ0v) is 29.8. The number of aliphatic hydroxyl groups is 2. The van der Waals surface area contributed by atoms with Gasteiger partial charge in [-0.15, -0.1) is 0 Å². The first-order chi connectivity index (χ1) is 24.9. The van der Waals surface area contributed by atoms with Gasteiger partial charge in [-0.3, -0.25) is 0 Å². The quantitative estimate of drug-likeness (QED) is 0.173. The fourth-order valence-corrected chi connectivity index (χ4v) is 5.95. The van der Waals surface area contributed by atoms with Crippen LogP contribution in [0.4, 0.5) is 0 Å². The van der Waals surface area contributed by atoms with Crippen molar-refractivity contribution in [1.82, 2.24) is 0 Å². The fraction of sp³-hybridized carbons (Fsp3) is 0.128. The van der Waals surface area contributed by atoms with E-state index in [4.69, 9.17) is 10.2 Å². The maximum absolute atomic E-state index is 14.3. The second kappa shape index (κ2) is 17.7. The molecule has 0 spiro atoms. The molecule has 0 bridgehead atoms. The summed E-state index contributed by atoms with van der Waals surface area (Å²) >= 11 is 0. The highest BCUT2D eigenvalue weighted by molar-refractivity contribution is 5.84. The van der Waals surface area contributed by atoms with Gasteiger partial charge in [0.05, 0.1) is 0 Å². The van der Waals surface area contributed by atoms with Gasteiger partial charge in [-0.1, -0.05) is 132 Å². The Kier molecular flexibility index (Phi) is 12.7. The zero-order chi connectivity index (χ0) is 36.2. The Bertz CT molecular complexity index is 2000. The molecule has 2 N–H and O–H groups in total. The number of hydrogen-bond donors (Lipinski definition) is 2. The van der Waals surface area contributed by atoms with Crippen LogP contribution in [0.3, 0.4) is 0 Å². The van der Waals surface area contributed by atoms with Crippen molar-refractivity contribution in [1.29, 1.82) is 0 Å². The molecule has 0 aliphatic heterocycles. The lowest BCUT2D eigenvalue weighted by Crippen LogP contribution is -2.36. The summed E-state index contributed by atoms with van der Waals surface area (Å²) in [4.78, 5) is 0. The van der Waals surface area contributed by atoms with Crippen LogP contribution in [0.5, 0.6) is 5.75 Å². The summed E-state index contributed by atoms with van der Waals surface area (Å²) < 4.78 is 2.31. The minimum Gasteiger partial charge on any atom is -0.872 e. The first-order valence-corrected chi connectivity index (χ1v) is 17.4. The Morgan fingerprint density at radius 3 is 1.12 bits per heavy atom. The van der Waals surface area contributed by atoms with Crippen LogP contribution >= 0.6 is 0 Å². The molecule has 256 valence electrons. The average Bonchev–Trinajstić information content (AvgIpc) is 3.17. The molecule has 0 amide bonds. The number of pyridine rings is 1. The van der Waals surface area contributed by atoms with Crippen LogP contribution in [0.2, 0.25) is 0 Å². The Labute approximate surface area is 302 Å². The molecule has 0 unspecified atom stereocenters. The van der Waals surface area contributed by atoms with E-state index in [9.17, 15) is 5.11 Å².